The highest BCUT2D eigenvalue weighted by Gasteiger charge is 2.27. The van der Waals surface area contributed by atoms with Gasteiger partial charge in [-0.25, -0.2) is 14.4 Å². The van der Waals surface area contributed by atoms with Gasteiger partial charge in [-0.2, -0.15) is 5.10 Å². The van der Waals surface area contributed by atoms with Gasteiger partial charge in [-0.15, -0.1) is 10.2 Å². The quantitative estimate of drug-likeness (QED) is 0.416. The zero-order valence-electron chi connectivity index (χ0n) is 18.7. The number of anilines is 2. The van der Waals surface area contributed by atoms with Crippen molar-refractivity contribution in [1.29, 1.82) is 0 Å². The summed E-state index contributed by atoms with van der Waals surface area (Å²) in [5.74, 6) is 3.84. The van der Waals surface area contributed by atoms with Gasteiger partial charge >= 0.3 is 0 Å². The molecule has 0 amide bonds. The fraction of sp³-hybridized carbons (Fsp3) is 0.208. The molecule has 0 bridgehead atoms. The third kappa shape index (κ3) is 3.58. The van der Waals surface area contributed by atoms with E-state index in [2.05, 4.69) is 42.7 Å². The van der Waals surface area contributed by atoms with Crippen LogP contribution >= 0.6 is 0 Å². The van der Waals surface area contributed by atoms with Gasteiger partial charge in [0.25, 0.3) is 0 Å². The zero-order valence-corrected chi connectivity index (χ0v) is 18.7. The standard InChI is InChI=1S/C24H22N8O2/c1-31-20(8-10-26-31)28-24-25-9-7-19(27-24)16-12-21-29-30-23-17(14-34-22(13-16)32(21)23)11-15-3-5-18(33-2)6-4-15/h3-10,12-13,17H,11,14H2,1-2H3,(H,25,27,28)/t17-/m0/s1. The highest BCUT2D eigenvalue weighted by molar-refractivity contribution is 5.67. The van der Waals surface area contributed by atoms with E-state index < -0.39 is 0 Å². The summed E-state index contributed by atoms with van der Waals surface area (Å²) in [6.45, 7) is 0.528. The van der Waals surface area contributed by atoms with Gasteiger partial charge in [0.2, 0.25) is 11.8 Å². The SMILES string of the molecule is COc1ccc(C[C@H]2COc3cc(-c4ccnc(Nc5ccnn5C)n4)cc4nnc2n34)cc1. The Balaban J connectivity index is 1.30. The molecule has 5 aromatic rings. The minimum absolute atomic E-state index is 0.107. The highest BCUT2D eigenvalue weighted by atomic mass is 16.5. The fourth-order valence-corrected chi connectivity index (χ4v) is 4.17. The molecule has 6 rings (SSSR count). The molecule has 0 unspecified atom stereocenters. The van der Waals surface area contributed by atoms with Crippen LogP contribution < -0.4 is 14.8 Å². The van der Waals surface area contributed by atoms with Crippen LogP contribution in [0, 0.1) is 0 Å². The highest BCUT2D eigenvalue weighted by Crippen LogP contribution is 2.33. The maximum Gasteiger partial charge on any atom is 0.228 e. The van der Waals surface area contributed by atoms with E-state index in [4.69, 9.17) is 9.47 Å². The zero-order chi connectivity index (χ0) is 23.1. The van der Waals surface area contributed by atoms with Gasteiger partial charge in [-0.3, -0.25) is 4.68 Å². The molecule has 170 valence electrons. The van der Waals surface area contributed by atoms with Gasteiger partial charge < -0.3 is 14.8 Å². The molecule has 0 radical (unpaired) electrons. The van der Waals surface area contributed by atoms with E-state index in [9.17, 15) is 0 Å². The van der Waals surface area contributed by atoms with Crippen LogP contribution in [0.3, 0.4) is 0 Å². The van der Waals surface area contributed by atoms with Crippen molar-refractivity contribution in [3.05, 3.63) is 72.3 Å². The molecule has 1 aromatic carbocycles. The average Bonchev–Trinajstić information content (AvgIpc) is 3.48. The van der Waals surface area contributed by atoms with Crippen LogP contribution in [0.15, 0.2) is 60.9 Å². The molecule has 4 aromatic heterocycles. The maximum absolute atomic E-state index is 6.16. The summed E-state index contributed by atoms with van der Waals surface area (Å²) in [6.07, 6.45) is 4.24. The van der Waals surface area contributed by atoms with Crippen LogP contribution in [0.5, 0.6) is 11.6 Å². The van der Waals surface area contributed by atoms with Crippen LogP contribution in [0.1, 0.15) is 17.3 Å². The molecule has 1 N–H and O–H groups in total. The molecular formula is C24H22N8O2. The molecular weight excluding hydrogens is 432 g/mol. The van der Waals surface area contributed by atoms with Crippen molar-refractivity contribution in [2.24, 2.45) is 7.05 Å². The minimum Gasteiger partial charge on any atom is -0.497 e. The summed E-state index contributed by atoms with van der Waals surface area (Å²) in [6, 6.07) is 15.7. The Morgan fingerprint density at radius 1 is 1.09 bits per heavy atom. The Morgan fingerprint density at radius 2 is 1.97 bits per heavy atom. The monoisotopic (exact) mass is 454 g/mol. The second-order valence-corrected chi connectivity index (χ2v) is 8.12. The van der Waals surface area contributed by atoms with Crippen molar-refractivity contribution in [1.82, 2.24) is 34.3 Å². The lowest BCUT2D eigenvalue weighted by Crippen LogP contribution is -2.22. The van der Waals surface area contributed by atoms with E-state index in [1.54, 1.807) is 24.2 Å². The van der Waals surface area contributed by atoms with Gasteiger partial charge in [0, 0.05) is 30.9 Å². The fourth-order valence-electron chi connectivity index (χ4n) is 4.17. The van der Waals surface area contributed by atoms with E-state index in [0.717, 1.165) is 40.7 Å². The lowest BCUT2D eigenvalue weighted by Gasteiger charge is -2.23. The first-order valence-electron chi connectivity index (χ1n) is 10.9. The second-order valence-electron chi connectivity index (χ2n) is 8.12. The Bertz CT molecular complexity index is 1470. The van der Waals surface area contributed by atoms with Gasteiger partial charge in [-0.05, 0) is 36.2 Å². The van der Waals surface area contributed by atoms with Gasteiger partial charge in [0.1, 0.15) is 24.0 Å². The Labute approximate surface area is 195 Å². The number of rotatable bonds is 6. The number of hydrogen-bond donors (Lipinski definition) is 1. The lowest BCUT2D eigenvalue weighted by atomic mass is 9.98. The third-order valence-electron chi connectivity index (χ3n) is 5.95. The molecule has 0 aliphatic carbocycles. The molecule has 0 fully saturated rings. The number of benzene rings is 1. The Morgan fingerprint density at radius 3 is 2.76 bits per heavy atom. The minimum atomic E-state index is 0.107. The summed E-state index contributed by atoms with van der Waals surface area (Å²) in [7, 11) is 3.52. The van der Waals surface area contributed by atoms with Gasteiger partial charge in [-0.1, -0.05) is 12.1 Å². The van der Waals surface area contributed by atoms with E-state index in [1.165, 1.54) is 5.56 Å². The van der Waals surface area contributed by atoms with E-state index in [0.29, 0.717) is 18.4 Å². The summed E-state index contributed by atoms with van der Waals surface area (Å²) in [4.78, 5) is 8.99. The van der Waals surface area contributed by atoms with Crippen molar-refractivity contribution in [3.63, 3.8) is 0 Å². The molecule has 34 heavy (non-hydrogen) atoms. The molecule has 1 aliphatic heterocycles. The van der Waals surface area contributed by atoms with Crippen molar-refractivity contribution < 1.29 is 9.47 Å². The average molecular weight is 454 g/mol. The maximum atomic E-state index is 6.16. The van der Waals surface area contributed by atoms with E-state index in [1.807, 2.05) is 47.8 Å². The second kappa shape index (κ2) is 8.14. The molecule has 10 nitrogen and oxygen atoms in total. The predicted octanol–water partition coefficient (Wildman–Crippen LogP) is 3.39. The van der Waals surface area contributed by atoms with Gasteiger partial charge in [0.15, 0.2) is 5.65 Å². The molecule has 0 saturated carbocycles. The number of ether oxygens (including phenoxy) is 2. The predicted molar refractivity (Wildman–Crippen MR) is 125 cm³/mol. The normalized spacial score (nSPS) is 14.7. The van der Waals surface area contributed by atoms with Gasteiger partial charge in [0.05, 0.1) is 24.9 Å². The molecule has 0 saturated heterocycles. The first kappa shape index (κ1) is 20.2. The Hall–Kier alpha value is -4.47. The number of methoxy groups -OCH3 is 1. The van der Waals surface area contributed by atoms with E-state index in [-0.39, 0.29) is 5.92 Å². The van der Waals surface area contributed by atoms with Crippen LogP contribution in [0.2, 0.25) is 0 Å². The van der Waals surface area contributed by atoms with Crippen LogP contribution in [0.4, 0.5) is 11.8 Å². The molecule has 1 atom stereocenters. The molecule has 0 spiro atoms. The van der Waals surface area contributed by atoms with Crippen molar-refractivity contribution in [2.45, 2.75) is 12.3 Å². The number of pyridine rings is 1. The molecule has 1 aliphatic rings. The number of nitrogens with zero attached hydrogens (tertiary/aromatic N) is 7. The Kier molecular flexibility index (Phi) is 4.83. The van der Waals surface area contributed by atoms with Crippen LogP contribution in [0.25, 0.3) is 16.9 Å². The van der Waals surface area contributed by atoms with Crippen LogP contribution in [-0.4, -0.2) is 48.1 Å². The van der Waals surface area contributed by atoms with Crippen molar-refractivity contribution in [2.75, 3.05) is 19.0 Å². The van der Waals surface area contributed by atoms with Crippen LogP contribution in [-0.2, 0) is 13.5 Å². The summed E-state index contributed by atoms with van der Waals surface area (Å²) in [5, 5.41) is 16.3. The van der Waals surface area contributed by atoms with Crippen molar-refractivity contribution >= 4 is 17.4 Å². The first-order chi connectivity index (χ1) is 16.7. The third-order valence-corrected chi connectivity index (χ3v) is 5.95. The number of nitrogens with one attached hydrogen (secondary N) is 1. The number of aryl methyl sites for hydroxylation is 1. The number of hydrogen-bond acceptors (Lipinski definition) is 8. The smallest absolute Gasteiger partial charge is 0.228 e. The largest absolute Gasteiger partial charge is 0.497 e. The summed E-state index contributed by atoms with van der Waals surface area (Å²) >= 11 is 0. The molecule has 10 heteroatoms. The van der Waals surface area contributed by atoms with Crippen molar-refractivity contribution in [3.8, 4) is 22.9 Å². The number of aromatic nitrogens is 7. The van der Waals surface area contributed by atoms with E-state index >= 15 is 0 Å². The lowest BCUT2D eigenvalue weighted by molar-refractivity contribution is 0.245. The summed E-state index contributed by atoms with van der Waals surface area (Å²) < 4.78 is 15.1. The molecule has 5 heterocycles. The topological polar surface area (TPSA) is 104 Å². The first-order valence-corrected chi connectivity index (χ1v) is 10.9. The summed E-state index contributed by atoms with van der Waals surface area (Å²) in [5.41, 5.74) is 3.56.